The standard InChI is InChI=1S/C14H24N2O4S/c1-5-20-11-6-10(14(11,3)4)15-13(19)16-8(2)21-7-9(16)12(17)18/h8-11H,5-7H2,1-4H3,(H,15,19)(H,17,18). The van der Waals surface area contributed by atoms with Gasteiger partial charge in [0.1, 0.15) is 6.04 Å². The number of ether oxygens (including phenoxy) is 1. The molecule has 2 aliphatic rings. The zero-order valence-electron chi connectivity index (χ0n) is 13.0. The van der Waals surface area contributed by atoms with Gasteiger partial charge in [-0.3, -0.25) is 4.90 Å². The number of aliphatic carboxylic acids is 1. The van der Waals surface area contributed by atoms with Crippen LogP contribution in [0.5, 0.6) is 0 Å². The Balaban J connectivity index is 1.97. The highest BCUT2D eigenvalue weighted by atomic mass is 32.2. The van der Waals surface area contributed by atoms with Crippen LogP contribution < -0.4 is 5.32 Å². The van der Waals surface area contributed by atoms with Crippen LogP contribution in [0.4, 0.5) is 4.79 Å². The Morgan fingerprint density at radius 1 is 1.48 bits per heavy atom. The van der Waals surface area contributed by atoms with Crippen molar-refractivity contribution in [2.75, 3.05) is 12.4 Å². The van der Waals surface area contributed by atoms with Crippen molar-refractivity contribution in [3.8, 4) is 0 Å². The van der Waals surface area contributed by atoms with Gasteiger partial charge < -0.3 is 15.2 Å². The summed E-state index contributed by atoms with van der Waals surface area (Å²) in [5.74, 6) is -0.499. The average Bonchev–Trinajstić information content (AvgIpc) is 2.79. The lowest BCUT2D eigenvalue weighted by molar-refractivity contribution is -0.141. The van der Waals surface area contributed by atoms with Crippen molar-refractivity contribution in [1.82, 2.24) is 10.2 Å². The molecule has 1 aliphatic heterocycles. The predicted octanol–water partition coefficient (Wildman–Crippen LogP) is 1.75. The molecule has 21 heavy (non-hydrogen) atoms. The number of urea groups is 1. The third-order valence-corrected chi connectivity index (χ3v) is 5.80. The Bertz CT molecular complexity index is 429. The molecule has 0 radical (unpaired) electrons. The van der Waals surface area contributed by atoms with Crippen molar-refractivity contribution in [3.63, 3.8) is 0 Å². The molecule has 0 bridgehead atoms. The molecule has 0 spiro atoms. The number of hydrogen-bond donors (Lipinski definition) is 2. The van der Waals surface area contributed by atoms with Crippen molar-refractivity contribution in [1.29, 1.82) is 0 Å². The number of hydrogen-bond acceptors (Lipinski definition) is 4. The third-order valence-electron chi connectivity index (χ3n) is 4.59. The highest BCUT2D eigenvalue weighted by Crippen LogP contribution is 2.43. The second-order valence-electron chi connectivity index (χ2n) is 6.20. The molecule has 0 aromatic heterocycles. The molecule has 120 valence electrons. The molecule has 1 aliphatic carbocycles. The van der Waals surface area contributed by atoms with E-state index >= 15 is 0 Å². The Morgan fingerprint density at radius 3 is 2.67 bits per heavy atom. The van der Waals surface area contributed by atoms with Crippen molar-refractivity contribution < 1.29 is 19.4 Å². The molecule has 2 fully saturated rings. The number of nitrogens with zero attached hydrogens (tertiary/aromatic N) is 1. The molecule has 2 N–H and O–H groups in total. The fourth-order valence-corrected chi connectivity index (χ4v) is 4.15. The summed E-state index contributed by atoms with van der Waals surface area (Å²) in [4.78, 5) is 25.1. The summed E-state index contributed by atoms with van der Waals surface area (Å²) >= 11 is 1.49. The lowest BCUT2D eigenvalue weighted by Gasteiger charge is -2.52. The summed E-state index contributed by atoms with van der Waals surface area (Å²) < 4.78 is 5.65. The van der Waals surface area contributed by atoms with Crippen LogP contribution in [0, 0.1) is 5.41 Å². The SMILES string of the molecule is CCOC1CC(NC(=O)N2C(C)SCC2C(=O)O)C1(C)C. The Hall–Kier alpha value is -0.950. The number of carbonyl (C=O) groups is 2. The van der Waals surface area contributed by atoms with Crippen LogP contribution in [0.15, 0.2) is 0 Å². The maximum atomic E-state index is 12.4. The summed E-state index contributed by atoms with van der Waals surface area (Å²) in [5, 5.41) is 12.1. The normalized spacial score (nSPS) is 34.4. The molecule has 4 unspecified atom stereocenters. The van der Waals surface area contributed by atoms with E-state index in [9.17, 15) is 14.7 Å². The number of carboxylic acids is 1. The van der Waals surface area contributed by atoms with E-state index in [1.807, 2.05) is 13.8 Å². The van der Waals surface area contributed by atoms with Gasteiger partial charge in [-0.1, -0.05) is 13.8 Å². The van der Waals surface area contributed by atoms with Gasteiger partial charge in [-0.05, 0) is 20.3 Å². The fraction of sp³-hybridized carbons (Fsp3) is 0.857. The Morgan fingerprint density at radius 2 is 2.14 bits per heavy atom. The third kappa shape index (κ3) is 2.99. The van der Waals surface area contributed by atoms with E-state index < -0.39 is 12.0 Å². The summed E-state index contributed by atoms with van der Waals surface area (Å²) in [7, 11) is 0. The molecule has 2 rings (SSSR count). The number of thioether (sulfide) groups is 1. The van der Waals surface area contributed by atoms with Crippen LogP contribution in [0.3, 0.4) is 0 Å². The number of amides is 2. The molecule has 1 saturated heterocycles. The first-order valence-corrected chi connectivity index (χ1v) is 8.38. The summed E-state index contributed by atoms with van der Waals surface area (Å²) in [6, 6.07) is -1.00. The van der Waals surface area contributed by atoms with Crippen LogP contribution in [0.25, 0.3) is 0 Å². The summed E-state index contributed by atoms with van der Waals surface area (Å²) in [6.45, 7) is 8.62. The molecule has 1 saturated carbocycles. The molecule has 7 heteroatoms. The van der Waals surface area contributed by atoms with Gasteiger partial charge in [-0.15, -0.1) is 11.8 Å². The van der Waals surface area contributed by atoms with E-state index in [-0.39, 0.29) is 29.0 Å². The molecule has 0 aromatic carbocycles. The van der Waals surface area contributed by atoms with Crippen molar-refractivity contribution in [2.45, 2.75) is 57.7 Å². The summed E-state index contributed by atoms with van der Waals surface area (Å²) in [5.41, 5.74) is -0.125. The molecule has 4 atom stereocenters. The molecule has 6 nitrogen and oxygen atoms in total. The Labute approximate surface area is 129 Å². The zero-order chi connectivity index (χ0) is 15.8. The lowest BCUT2D eigenvalue weighted by atomic mass is 9.64. The zero-order valence-corrected chi connectivity index (χ0v) is 13.8. The first kappa shape index (κ1) is 16.4. The quantitative estimate of drug-likeness (QED) is 0.826. The minimum atomic E-state index is -0.943. The van der Waals surface area contributed by atoms with Gasteiger partial charge in [0.05, 0.1) is 11.5 Å². The predicted molar refractivity (Wildman–Crippen MR) is 81.3 cm³/mol. The largest absolute Gasteiger partial charge is 0.480 e. The van der Waals surface area contributed by atoms with Crippen LogP contribution in [0.2, 0.25) is 0 Å². The smallest absolute Gasteiger partial charge is 0.327 e. The van der Waals surface area contributed by atoms with Gasteiger partial charge >= 0.3 is 12.0 Å². The van der Waals surface area contributed by atoms with Crippen molar-refractivity contribution in [3.05, 3.63) is 0 Å². The second kappa shape index (κ2) is 6.04. The minimum absolute atomic E-state index is 0.0220. The maximum absolute atomic E-state index is 12.4. The van der Waals surface area contributed by atoms with Crippen LogP contribution >= 0.6 is 11.8 Å². The van der Waals surface area contributed by atoms with Gasteiger partial charge in [-0.2, -0.15) is 0 Å². The molecular formula is C14H24N2O4S. The highest BCUT2D eigenvalue weighted by Gasteiger charge is 2.51. The van der Waals surface area contributed by atoms with Gasteiger partial charge in [0.25, 0.3) is 0 Å². The number of carboxylic acid groups (broad SMARTS) is 1. The van der Waals surface area contributed by atoms with E-state index in [1.165, 1.54) is 16.7 Å². The molecule has 1 heterocycles. The molecule has 0 aromatic rings. The van der Waals surface area contributed by atoms with Crippen molar-refractivity contribution in [2.24, 2.45) is 5.41 Å². The number of rotatable bonds is 4. The van der Waals surface area contributed by atoms with Gasteiger partial charge in [0.15, 0.2) is 0 Å². The van der Waals surface area contributed by atoms with E-state index in [0.29, 0.717) is 12.4 Å². The first-order chi connectivity index (χ1) is 9.78. The van der Waals surface area contributed by atoms with Gasteiger partial charge in [-0.25, -0.2) is 9.59 Å². The van der Waals surface area contributed by atoms with Crippen LogP contribution in [0.1, 0.15) is 34.1 Å². The van der Waals surface area contributed by atoms with E-state index in [4.69, 9.17) is 4.74 Å². The topological polar surface area (TPSA) is 78.9 Å². The average molecular weight is 316 g/mol. The van der Waals surface area contributed by atoms with Gasteiger partial charge in [0.2, 0.25) is 0 Å². The second-order valence-corrected chi connectivity index (χ2v) is 7.55. The fourth-order valence-electron chi connectivity index (χ4n) is 2.98. The first-order valence-electron chi connectivity index (χ1n) is 7.33. The lowest BCUT2D eigenvalue weighted by Crippen LogP contribution is -2.64. The highest BCUT2D eigenvalue weighted by molar-refractivity contribution is 8.00. The monoisotopic (exact) mass is 316 g/mol. The Kier molecular flexibility index (Phi) is 4.72. The maximum Gasteiger partial charge on any atom is 0.327 e. The summed E-state index contributed by atoms with van der Waals surface area (Å²) in [6.07, 6.45) is 0.924. The van der Waals surface area contributed by atoms with Gasteiger partial charge in [0, 0.05) is 23.8 Å². The van der Waals surface area contributed by atoms with E-state index in [0.717, 1.165) is 6.42 Å². The van der Waals surface area contributed by atoms with E-state index in [1.54, 1.807) is 0 Å². The minimum Gasteiger partial charge on any atom is -0.480 e. The molecular weight excluding hydrogens is 292 g/mol. The number of nitrogens with one attached hydrogen (secondary N) is 1. The molecule has 2 amide bonds. The van der Waals surface area contributed by atoms with Crippen LogP contribution in [-0.4, -0.2) is 57.9 Å². The van der Waals surface area contributed by atoms with E-state index in [2.05, 4.69) is 19.2 Å². The van der Waals surface area contributed by atoms with Crippen LogP contribution in [-0.2, 0) is 9.53 Å². The number of carbonyl (C=O) groups excluding carboxylic acids is 1. The van der Waals surface area contributed by atoms with Crippen molar-refractivity contribution >= 4 is 23.8 Å².